The van der Waals surface area contributed by atoms with Crippen LogP contribution in [0.1, 0.15) is 60.2 Å². The summed E-state index contributed by atoms with van der Waals surface area (Å²) in [6.45, 7) is 7.88. The van der Waals surface area contributed by atoms with Crippen LogP contribution in [0.25, 0.3) is 5.65 Å². The molecule has 2 amide bonds. The summed E-state index contributed by atoms with van der Waals surface area (Å²) in [5.41, 5.74) is -0.254. The zero-order valence-corrected chi connectivity index (χ0v) is 23.5. The fourth-order valence-corrected chi connectivity index (χ4v) is 5.13. The maximum absolute atomic E-state index is 14.5. The molecule has 4 heterocycles. The zero-order chi connectivity index (χ0) is 29.2. The number of halogens is 4. The standard InChI is InChI=1S/C27H29ClF3N5O4/c1-15-21(28)16(2)36-22(32-15)18-12-35(13-19(18)33-36)23(37)17-8-6-7-9-20(17)39-26(27(29,30)31)10-11-34(14-26)24(38)40-25(3,4)5/h6-9H,10-14H2,1-5H3. The van der Waals surface area contributed by atoms with Crippen molar-refractivity contribution in [3.63, 3.8) is 0 Å². The Morgan fingerprint density at radius 1 is 1.07 bits per heavy atom. The molecule has 2 aliphatic heterocycles. The number of para-hydroxylation sites is 1. The Labute approximate surface area is 233 Å². The van der Waals surface area contributed by atoms with Gasteiger partial charge in [0.2, 0.25) is 5.60 Å². The highest BCUT2D eigenvalue weighted by Gasteiger charge is 2.62. The number of ether oxygens (including phenoxy) is 2. The Hall–Kier alpha value is -3.54. The van der Waals surface area contributed by atoms with Crippen molar-refractivity contribution in [2.45, 2.75) is 71.5 Å². The number of aryl methyl sites for hydroxylation is 2. The third kappa shape index (κ3) is 4.82. The maximum Gasteiger partial charge on any atom is 0.430 e. The highest BCUT2D eigenvalue weighted by molar-refractivity contribution is 6.31. The van der Waals surface area contributed by atoms with Gasteiger partial charge < -0.3 is 19.3 Å². The number of rotatable bonds is 3. The topological polar surface area (TPSA) is 89.3 Å². The molecule has 13 heteroatoms. The van der Waals surface area contributed by atoms with Crippen LogP contribution in [0.2, 0.25) is 5.02 Å². The molecular formula is C27H29ClF3N5O4. The maximum atomic E-state index is 14.5. The lowest BCUT2D eigenvalue weighted by Gasteiger charge is -2.33. The number of hydrogen-bond donors (Lipinski definition) is 0. The Kier molecular flexibility index (Phi) is 6.67. The molecule has 3 aromatic rings. The van der Waals surface area contributed by atoms with E-state index < -0.39 is 42.3 Å². The Morgan fingerprint density at radius 3 is 2.45 bits per heavy atom. The first kappa shape index (κ1) is 28.0. The minimum absolute atomic E-state index is 0.0210. The number of carbonyl (C=O) groups is 2. The fraction of sp³-hybridized carbons (Fsp3) is 0.481. The van der Waals surface area contributed by atoms with E-state index in [1.165, 1.54) is 23.1 Å². The van der Waals surface area contributed by atoms with E-state index in [1.807, 2.05) is 6.92 Å². The molecule has 40 heavy (non-hydrogen) atoms. The number of carbonyl (C=O) groups excluding carboxylic acids is 2. The predicted molar refractivity (Wildman–Crippen MR) is 139 cm³/mol. The van der Waals surface area contributed by atoms with Crippen LogP contribution in [0.15, 0.2) is 24.3 Å². The summed E-state index contributed by atoms with van der Waals surface area (Å²) < 4.78 is 56.0. The van der Waals surface area contributed by atoms with E-state index in [0.29, 0.717) is 22.1 Å². The lowest BCUT2D eigenvalue weighted by Crippen LogP contribution is -2.53. The molecule has 9 nitrogen and oxygen atoms in total. The summed E-state index contributed by atoms with van der Waals surface area (Å²) in [7, 11) is 0. The van der Waals surface area contributed by atoms with Gasteiger partial charge >= 0.3 is 12.3 Å². The molecule has 214 valence electrons. The van der Waals surface area contributed by atoms with Crippen LogP contribution >= 0.6 is 11.6 Å². The molecule has 5 rings (SSSR count). The molecule has 0 N–H and O–H groups in total. The van der Waals surface area contributed by atoms with E-state index in [0.717, 1.165) is 16.2 Å². The van der Waals surface area contributed by atoms with Gasteiger partial charge in [-0.1, -0.05) is 23.7 Å². The first-order valence-corrected chi connectivity index (χ1v) is 13.1. The summed E-state index contributed by atoms with van der Waals surface area (Å²) in [6.07, 6.45) is -6.18. The van der Waals surface area contributed by atoms with Crippen LogP contribution in [0.3, 0.4) is 0 Å². The number of alkyl halides is 3. The van der Waals surface area contributed by atoms with Crippen LogP contribution in [0.5, 0.6) is 5.75 Å². The van der Waals surface area contributed by atoms with Gasteiger partial charge in [0.1, 0.15) is 11.4 Å². The average Bonchev–Trinajstić information content (AvgIpc) is 3.56. The number of nitrogens with zero attached hydrogens (tertiary/aromatic N) is 5. The summed E-state index contributed by atoms with van der Waals surface area (Å²) >= 11 is 6.31. The predicted octanol–water partition coefficient (Wildman–Crippen LogP) is 5.48. The molecule has 0 spiro atoms. The molecule has 1 aromatic carbocycles. The van der Waals surface area contributed by atoms with E-state index >= 15 is 0 Å². The van der Waals surface area contributed by atoms with E-state index in [2.05, 4.69) is 10.1 Å². The van der Waals surface area contributed by atoms with Gasteiger partial charge in [-0.3, -0.25) is 4.79 Å². The SMILES string of the molecule is Cc1nc2c3c(nn2c(C)c1Cl)CN(C(=O)c1ccccc1OC1(C(F)(F)F)CCN(C(=O)OC(C)(C)C)C1)C3. The second kappa shape index (κ2) is 9.53. The van der Waals surface area contributed by atoms with Gasteiger partial charge in [0.15, 0.2) is 5.65 Å². The van der Waals surface area contributed by atoms with E-state index in [9.17, 15) is 22.8 Å². The molecule has 1 saturated heterocycles. The number of amides is 2. The summed E-state index contributed by atoms with van der Waals surface area (Å²) in [5, 5.41) is 5.07. The van der Waals surface area contributed by atoms with Gasteiger partial charge in [-0.2, -0.15) is 18.3 Å². The monoisotopic (exact) mass is 579 g/mol. The molecule has 0 aliphatic carbocycles. The molecular weight excluding hydrogens is 551 g/mol. The molecule has 0 radical (unpaired) electrons. The van der Waals surface area contributed by atoms with Gasteiger partial charge in [0.05, 0.1) is 47.3 Å². The number of hydrogen-bond acceptors (Lipinski definition) is 6. The first-order chi connectivity index (χ1) is 18.6. The molecule has 1 atom stereocenters. The normalized spacial score (nSPS) is 19.3. The largest absolute Gasteiger partial charge is 0.475 e. The Morgan fingerprint density at radius 2 is 1.77 bits per heavy atom. The third-order valence-corrected chi connectivity index (χ3v) is 7.61. The van der Waals surface area contributed by atoms with Crippen molar-refractivity contribution in [2.75, 3.05) is 13.1 Å². The van der Waals surface area contributed by atoms with Crippen molar-refractivity contribution >= 4 is 29.2 Å². The highest BCUT2D eigenvalue weighted by Crippen LogP contribution is 2.43. The van der Waals surface area contributed by atoms with Gasteiger partial charge in [0, 0.05) is 18.5 Å². The van der Waals surface area contributed by atoms with Crippen molar-refractivity contribution < 1.29 is 32.2 Å². The minimum Gasteiger partial charge on any atom is -0.475 e. The van der Waals surface area contributed by atoms with Crippen molar-refractivity contribution in [1.29, 1.82) is 0 Å². The van der Waals surface area contributed by atoms with Crippen LogP contribution < -0.4 is 4.74 Å². The number of likely N-dealkylation sites (tertiary alicyclic amines) is 1. The van der Waals surface area contributed by atoms with Crippen LogP contribution in [-0.4, -0.2) is 66.9 Å². The molecule has 1 fully saturated rings. The van der Waals surface area contributed by atoms with Crippen molar-refractivity contribution in [1.82, 2.24) is 24.4 Å². The van der Waals surface area contributed by atoms with Gasteiger partial charge in [-0.25, -0.2) is 14.3 Å². The summed E-state index contributed by atoms with van der Waals surface area (Å²) in [4.78, 5) is 33.1. The number of benzene rings is 1. The number of aromatic nitrogens is 3. The zero-order valence-electron chi connectivity index (χ0n) is 22.7. The van der Waals surface area contributed by atoms with Crippen molar-refractivity contribution in [3.8, 4) is 5.75 Å². The quantitative estimate of drug-likeness (QED) is 0.408. The van der Waals surface area contributed by atoms with E-state index in [1.54, 1.807) is 38.3 Å². The highest BCUT2D eigenvalue weighted by atomic mass is 35.5. The van der Waals surface area contributed by atoms with Gasteiger partial charge in [-0.05, 0) is 46.8 Å². The van der Waals surface area contributed by atoms with E-state index in [-0.39, 0.29) is 30.9 Å². The third-order valence-electron chi connectivity index (χ3n) is 7.07. The molecule has 2 aliphatic rings. The Balaban J connectivity index is 1.40. The van der Waals surface area contributed by atoms with E-state index in [4.69, 9.17) is 21.1 Å². The molecule has 2 aromatic heterocycles. The minimum atomic E-state index is -4.82. The second-order valence-corrected chi connectivity index (χ2v) is 11.5. The summed E-state index contributed by atoms with van der Waals surface area (Å²) in [5.74, 6) is -0.722. The molecule has 0 bridgehead atoms. The summed E-state index contributed by atoms with van der Waals surface area (Å²) in [6, 6.07) is 5.82. The van der Waals surface area contributed by atoms with Crippen molar-refractivity contribution in [3.05, 3.63) is 57.5 Å². The van der Waals surface area contributed by atoms with Gasteiger partial charge in [0.25, 0.3) is 5.91 Å². The first-order valence-electron chi connectivity index (χ1n) is 12.8. The fourth-order valence-electron chi connectivity index (χ4n) is 5.01. The second-order valence-electron chi connectivity index (χ2n) is 11.2. The molecule has 0 saturated carbocycles. The molecule has 1 unspecified atom stereocenters. The van der Waals surface area contributed by atoms with Crippen LogP contribution in [0.4, 0.5) is 18.0 Å². The Bertz CT molecular complexity index is 1520. The van der Waals surface area contributed by atoms with Gasteiger partial charge in [-0.15, -0.1) is 0 Å². The van der Waals surface area contributed by atoms with Crippen LogP contribution in [-0.2, 0) is 17.8 Å². The average molecular weight is 580 g/mol. The van der Waals surface area contributed by atoms with Crippen molar-refractivity contribution in [2.24, 2.45) is 0 Å². The number of fused-ring (bicyclic) bond motifs is 3. The van der Waals surface area contributed by atoms with Crippen LogP contribution in [0, 0.1) is 13.8 Å². The lowest BCUT2D eigenvalue weighted by atomic mass is 10.0. The lowest BCUT2D eigenvalue weighted by molar-refractivity contribution is -0.242. The smallest absolute Gasteiger partial charge is 0.430 e.